The lowest BCUT2D eigenvalue weighted by molar-refractivity contribution is -0.136. The Morgan fingerprint density at radius 2 is 1.87 bits per heavy atom. The van der Waals surface area contributed by atoms with Gasteiger partial charge in [0.15, 0.2) is 0 Å². The molecule has 1 aliphatic carbocycles. The molecule has 0 unspecified atom stereocenters. The van der Waals surface area contributed by atoms with Gasteiger partial charge in [0.05, 0.1) is 18.4 Å². The Morgan fingerprint density at radius 3 is 2.57 bits per heavy atom. The molecule has 1 heterocycles. The summed E-state index contributed by atoms with van der Waals surface area (Å²) in [5.41, 5.74) is 14.1. The molecule has 0 saturated heterocycles. The molecule has 0 fully saturated rings. The van der Waals surface area contributed by atoms with E-state index in [2.05, 4.69) is 4.79 Å². The van der Waals surface area contributed by atoms with Gasteiger partial charge in [-0.1, -0.05) is 48.5 Å². The van der Waals surface area contributed by atoms with Crippen LogP contribution in [0.1, 0.15) is 28.0 Å². The highest BCUT2D eigenvalue weighted by Crippen LogP contribution is 2.28. The number of carboxylic acids is 1. The molecular formula is C24H19N3O3. The van der Waals surface area contributed by atoms with E-state index in [-0.39, 0.29) is 12.3 Å². The van der Waals surface area contributed by atoms with Crippen molar-refractivity contribution in [3.63, 3.8) is 0 Å². The van der Waals surface area contributed by atoms with Crippen molar-refractivity contribution in [3.8, 4) is 0 Å². The van der Waals surface area contributed by atoms with Gasteiger partial charge in [0.25, 0.3) is 5.91 Å². The maximum Gasteiger partial charge on any atom is 0.309 e. The topological polar surface area (TPSA) is 95.7 Å². The molecule has 0 radical (unpaired) electrons. The lowest BCUT2D eigenvalue weighted by Gasteiger charge is -2.13. The Bertz CT molecular complexity index is 1290. The van der Waals surface area contributed by atoms with Gasteiger partial charge in [-0.25, -0.2) is 0 Å². The Morgan fingerprint density at radius 1 is 1.10 bits per heavy atom. The highest BCUT2D eigenvalue weighted by Gasteiger charge is 2.30. The molecule has 0 spiro atoms. The summed E-state index contributed by atoms with van der Waals surface area (Å²) in [7, 11) is 0. The number of aromatic nitrogens is 1. The van der Waals surface area contributed by atoms with Gasteiger partial charge in [0.1, 0.15) is 5.57 Å². The molecule has 30 heavy (non-hydrogen) atoms. The van der Waals surface area contributed by atoms with Crippen molar-refractivity contribution in [2.75, 3.05) is 0 Å². The number of rotatable bonds is 4. The van der Waals surface area contributed by atoms with E-state index in [1.54, 1.807) is 35.8 Å². The number of carbonyl (C=O) groups excluding carboxylic acids is 1. The van der Waals surface area contributed by atoms with Crippen molar-refractivity contribution in [1.82, 2.24) is 4.57 Å². The molecule has 0 aliphatic heterocycles. The quantitative estimate of drug-likeness (QED) is 0.525. The van der Waals surface area contributed by atoms with Gasteiger partial charge in [0.2, 0.25) is 0 Å². The first kappa shape index (κ1) is 19.3. The predicted molar refractivity (Wildman–Crippen MR) is 114 cm³/mol. The van der Waals surface area contributed by atoms with Crippen molar-refractivity contribution in [2.24, 2.45) is 0 Å². The minimum Gasteiger partial charge on any atom is -0.481 e. The second-order valence-electron chi connectivity index (χ2n) is 7.21. The van der Waals surface area contributed by atoms with Crippen LogP contribution in [0.5, 0.6) is 0 Å². The highest BCUT2D eigenvalue weighted by atomic mass is 16.4. The zero-order chi connectivity index (χ0) is 21.3. The predicted octanol–water partition coefficient (Wildman–Crippen LogP) is 4.30. The van der Waals surface area contributed by atoms with Gasteiger partial charge in [-0.2, -0.15) is 4.79 Å². The number of carbonyl (C=O) groups is 2. The van der Waals surface area contributed by atoms with Crippen LogP contribution >= 0.6 is 0 Å². The van der Waals surface area contributed by atoms with E-state index in [9.17, 15) is 15.1 Å². The summed E-state index contributed by atoms with van der Waals surface area (Å²) in [4.78, 5) is 28.0. The van der Waals surface area contributed by atoms with Crippen LogP contribution in [-0.4, -0.2) is 32.1 Å². The van der Waals surface area contributed by atoms with Crippen molar-refractivity contribution < 1.29 is 19.5 Å². The van der Waals surface area contributed by atoms with E-state index in [0.29, 0.717) is 34.5 Å². The van der Waals surface area contributed by atoms with Crippen LogP contribution in [0.2, 0.25) is 0 Å². The van der Waals surface area contributed by atoms with Crippen LogP contribution in [-0.2, 0) is 11.2 Å². The number of benzene rings is 2. The molecular weight excluding hydrogens is 378 g/mol. The maximum absolute atomic E-state index is 13.4. The van der Waals surface area contributed by atoms with Crippen molar-refractivity contribution >= 4 is 34.1 Å². The monoisotopic (exact) mass is 397 g/mol. The number of hydrogen-bond acceptors (Lipinski definition) is 2. The van der Waals surface area contributed by atoms with E-state index < -0.39 is 5.97 Å². The lowest BCUT2D eigenvalue weighted by Crippen LogP contribution is -2.23. The fourth-order valence-electron chi connectivity index (χ4n) is 3.88. The summed E-state index contributed by atoms with van der Waals surface area (Å²) in [6.45, 7) is 1.80. The Kier molecular flexibility index (Phi) is 5.00. The first-order valence-electron chi connectivity index (χ1n) is 9.53. The maximum atomic E-state index is 13.4. The molecule has 2 aromatic carbocycles. The Balaban J connectivity index is 1.79. The smallest absolute Gasteiger partial charge is 0.309 e. The van der Waals surface area contributed by atoms with E-state index in [0.717, 1.165) is 16.5 Å². The molecule has 6 nitrogen and oxygen atoms in total. The Hall–Kier alpha value is -4.02. The largest absolute Gasteiger partial charge is 0.481 e. The number of carboxylic acid groups (broad SMARTS) is 1. The first-order valence-corrected chi connectivity index (χ1v) is 9.53. The minimum absolute atomic E-state index is 0.121. The van der Waals surface area contributed by atoms with Crippen molar-refractivity contribution in [3.05, 3.63) is 94.7 Å². The van der Waals surface area contributed by atoms with Crippen LogP contribution in [0.15, 0.2) is 72.3 Å². The number of fused-ring (bicyclic) bond motifs is 1. The van der Waals surface area contributed by atoms with E-state index in [1.165, 1.54) is 0 Å². The van der Waals surface area contributed by atoms with Gasteiger partial charge in [-0.3, -0.25) is 14.2 Å². The molecule has 0 amide bonds. The van der Waals surface area contributed by atoms with Crippen LogP contribution in [0.4, 0.5) is 0 Å². The molecule has 1 aromatic heterocycles. The first-order chi connectivity index (χ1) is 14.5. The third-order valence-electron chi connectivity index (χ3n) is 5.28. The van der Waals surface area contributed by atoms with Crippen LogP contribution < -0.4 is 0 Å². The summed E-state index contributed by atoms with van der Waals surface area (Å²) >= 11 is 0. The standard InChI is InChI=1S/C24H19N3O3/c1-15-12-20-18(14-23(28)29)8-5-9-22(20)27(15)24(30)19-11-10-17(13-21(19)26-25)16-6-3-2-4-7-16/h2-12H,13-14H2,1H3,(H,28,29). The third-order valence-corrected chi connectivity index (χ3v) is 5.28. The summed E-state index contributed by atoms with van der Waals surface area (Å²) in [5.74, 6) is -1.24. The molecule has 1 N–H and O–H groups in total. The van der Waals surface area contributed by atoms with Crippen molar-refractivity contribution in [1.29, 1.82) is 0 Å². The SMILES string of the molecule is Cc1cc2c(CC(=O)O)cccc2n1C(=O)C1=CC=C(c2ccccc2)CC1=[N+]=[N-]. The fourth-order valence-corrected chi connectivity index (χ4v) is 3.88. The summed E-state index contributed by atoms with van der Waals surface area (Å²) in [5, 5.41) is 9.90. The number of hydrogen-bond donors (Lipinski definition) is 1. The highest BCUT2D eigenvalue weighted by molar-refractivity contribution is 6.25. The van der Waals surface area contributed by atoms with Gasteiger partial charge < -0.3 is 10.6 Å². The van der Waals surface area contributed by atoms with Crippen LogP contribution in [0.25, 0.3) is 22.0 Å². The molecule has 4 rings (SSSR count). The lowest BCUT2D eigenvalue weighted by atomic mass is 9.91. The molecule has 6 heteroatoms. The molecule has 0 saturated carbocycles. The van der Waals surface area contributed by atoms with E-state index in [1.807, 2.05) is 42.5 Å². The second kappa shape index (κ2) is 7.78. The van der Waals surface area contributed by atoms with Gasteiger partial charge in [0, 0.05) is 11.1 Å². The molecule has 1 aliphatic rings. The van der Waals surface area contributed by atoms with Crippen molar-refractivity contribution in [2.45, 2.75) is 19.8 Å². The molecule has 0 atom stereocenters. The van der Waals surface area contributed by atoms with E-state index in [4.69, 9.17) is 5.11 Å². The molecule has 0 bridgehead atoms. The summed E-state index contributed by atoms with van der Waals surface area (Å²) < 4.78 is 1.54. The number of allylic oxidation sites excluding steroid dienone is 4. The third kappa shape index (κ3) is 3.41. The zero-order valence-electron chi connectivity index (χ0n) is 16.4. The fraction of sp³-hybridized carbons (Fsp3) is 0.125. The average Bonchev–Trinajstić information content (AvgIpc) is 3.10. The summed E-state index contributed by atoms with van der Waals surface area (Å²) in [6.07, 6.45) is 3.76. The Labute approximate surface area is 173 Å². The number of aliphatic carboxylic acids is 1. The molecule has 148 valence electrons. The van der Waals surface area contributed by atoms with Gasteiger partial charge in [-0.15, -0.1) is 0 Å². The number of nitrogens with zero attached hydrogens (tertiary/aromatic N) is 3. The van der Waals surface area contributed by atoms with Gasteiger partial charge in [-0.05, 0) is 41.8 Å². The van der Waals surface area contributed by atoms with Gasteiger partial charge >= 0.3 is 11.7 Å². The van der Waals surface area contributed by atoms with E-state index >= 15 is 0 Å². The second-order valence-corrected chi connectivity index (χ2v) is 7.21. The normalized spacial score (nSPS) is 13.6. The molecule has 3 aromatic rings. The average molecular weight is 397 g/mol. The summed E-state index contributed by atoms with van der Waals surface area (Å²) in [6, 6.07) is 16.8. The zero-order valence-corrected chi connectivity index (χ0v) is 16.4. The number of aryl methyl sites for hydroxylation is 1. The van der Waals surface area contributed by atoms with Crippen LogP contribution in [0, 0.1) is 6.92 Å². The van der Waals surface area contributed by atoms with Crippen LogP contribution in [0.3, 0.4) is 0 Å². The minimum atomic E-state index is -0.928.